The van der Waals surface area contributed by atoms with Crippen molar-refractivity contribution in [3.63, 3.8) is 0 Å². The minimum absolute atomic E-state index is 0.0688. The highest BCUT2D eigenvalue weighted by molar-refractivity contribution is 5.91. The Labute approximate surface area is 88.2 Å². The Kier molecular flexibility index (Phi) is 2.28. The molecular weight excluding hydrogens is 192 g/mol. The maximum atomic E-state index is 11.5. The molecule has 0 aromatic carbocycles. The fourth-order valence-corrected chi connectivity index (χ4v) is 1.76. The number of likely N-dealkylation sites (N-methyl/N-ethyl adjacent to an activating group) is 1. The zero-order chi connectivity index (χ0) is 10.9. The predicted molar refractivity (Wildman–Crippen MR) is 54.8 cm³/mol. The van der Waals surface area contributed by atoms with E-state index in [0.29, 0.717) is 0 Å². The predicted octanol–water partition coefficient (Wildman–Crippen LogP) is 0.909. The number of ether oxygens (including phenoxy) is 1. The Morgan fingerprint density at radius 2 is 2.33 bits per heavy atom. The molecule has 2 heterocycles. The zero-order valence-electron chi connectivity index (χ0n) is 8.68. The van der Waals surface area contributed by atoms with Gasteiger partial charge in [-0.25, -0.2) is 0 Å². The summed E-state index contributed by atoms with van der Waals surface area (Å²) in [5.74, 6) is -0.0688. The second kappa shape index (κ2) is 3.47. The van der Waals surface area contributed by atoms with Crippen LogP contribution in [0.15, 0.2) is 36.7 Å². The molecule has 1 aromatic rings. The van der Waals surface area contributed by atoms with Crippen LogP contribution in [0.3, 0.4) is 0 Å². The van der Waals surface area contributed by atoms with Crippen LogP contribution in [0, 0.1) is 0 Å². The molecule has 1 aromatic heterocycles. The van der Waals surface area contributed by atoms with Gasteiger partial charge in [0.15, 0.2) is 5.72 Å². The number of carbonyl (C=O) groups is 1. The molecule has 2 rings (SSSR count). The smallest absolute Gasteiger partial charge is 0.248 e. The number of rotatable bonds is 2. The fourth-order valence-electron chi connectivity index (χ4n) is 1.76. The third-order valence-corrected chi connectivity index (χ3v) is 2.67. The number of amides is 1. The minimum Gasteiger partial charge on any atom is -0.351 e. The summed E-state index contributed by atoms with van der Waals surface area (Å²) in [6.45, 7) is 0. The maximum absolute atomic E-state index is 11.5. The lowest BCUT2D eigenvalue weighted by Gasteiger charge is -2.33. The van der Waals surface area contributed by atoms with Gasteiger partial charge in [-0.05, 0) is 12.1 Å². The Balaban J connectivity index is 2.48. The number of nitrogens with zero attached hydrogens (tertiary/aromatic N) is 2. The Bertz CT molecular complexity index is 402. The van der Waals surface area contributed by atoms with E-state index in [2.05, 4.69) is 4.98 Å². The van der Waals surface area contributed by atoms with E-state index in [1.54, 1.807) is 37.5 Å². The van der Waals surface area contributed by atoms with E-state index in [0.717, 1.165) is 5.56 Å². The number of hydrogen-bond acceptors (Lipinski definition) is 3. The molecular formula is C11H12N2O2. The van der Waals surface area contributed by atoms with Crippen LogP contribution < -0.4 is 0 Å². The molecule has 1 aliphatic rings. The van der Waals surface area contributed by atoms with Crippen molar-refractivity contribution in [2.45, 2.75) is 5.72 Å². The molecule has 0 saturated heterocycles. The number of methoxy groups -OCH3 is 1. The number of pyridine rings is 1. The van der Waals surface area contributed by atoms with Crippen LogP contribution >= 0.6 is 0 Å². The number of carbonyl (C=O) groups excluding carboxylic acids is 1. The quantitative estimate of drug-likeness (QED) is 0.719. The zero-order valence-corrected chi connectivity index (χ0v) is 8.68. The van der Waals surface area contributed by atoms with Crippen LogP contribution in [-0.4, -0.2) is 29.9 Å². The molecule has 0 unspecified atom stereocenters. The summed E-state index contributed by atoms with van der Waals surface area (Å²) in [6, 6.07) is 3.70. The first-order valence-corrected chi connectivity index (χ1v) is 4.63. The van der Waals surface area contributed by atoms with Gasteiger partial charge in [0, 0.05) is 38.2 Å². The van der Waals surface area contributed by atoms with Crippen molar-refractivity contribution in [1.29, 1.82) is 0 Å². The van der Waals surface area contributed by atoms with Gasteiger partial charge in [0.1, 0.15) is 0 Å². The fraction of sp³-hybridized carbons (Fsp3) is 0.273. The van der Waals surface area contributed by atoms with E-state index in [9.17, 15) is 4.79 Å². The van der Waals surface area contributed by atoms with Crippen molar-refractivity contribution in [3.05, 3.63) is 42.2 Å². The van der Waals surface area contributed by atoms with Gasteiger partial charge >= 0.3 is 0 Å². The molecule has 78 valence electrons. The Hall–Kier alpha value is -1.68. The largest absolute Gasteiger partial charge is 0.351 e. The average molecular weight is 204 g/mol. The van der Waals surface area contributed by atoms with Crippen molar-refractivity contribution < 1.29 is 9.53 Å². The average Bonchev–Trinajstić information content (AvgIpc) is 2.59. The Morgan fingerprint density at radius 3 is 2.80 bits per heavy atom. The summed E-state index contributed by atoms with van der Waals surface area (Å²) in [5.41, 5.74) is 0.0443. The van der Waals surface area contributed by atoms with Gasteiger partial charge in [-0.3, -0.25) is 9.78 Å². The normalized spacial score (nSPS) is 24.9. The third-order valence-electron chi connectivity index (χ3n) is 2.67. The molecule has 4 heteroatoms. The molecule has 15 heavy (non-hydrogen) atoms. The molecule has 0 N–H and O–H groups in total. The minimum atomic E-state index is -0.800. The number of aromatic nitrogens is 1. The van der Waals surface area contributed by atoms with Crippen molar-refractivity contribution in [2.75, 3.05) is 14.2 Å². The molecule has 0 fully saturated rings. The van der Waals surface area contributed by atoms with E-state index < -0.39 is 5.72 Å². The molecule has 4 nitrogen and oxygen atoms in total. The molecule has 0 spiro atoms. The summed E-state index contributed by atoms with van der Waals surface area (Å²) in [6.07, 6.45) is 6.64. The van der Waals surface area contributed by atoms with Crippen LogP contribution in [0.4, 0.5) is 0 Å². The molecule has 0 aliphatic carbocycles. The van der Waals surface area contributed by atoms with Crippen molar-refractivity contribution in [2.24, 2.45) is 0 Å². The second-order valence-electron chi connectivity index (χ2n) is 3.37. The first-order chi connectivity index (χ1) is 7.20. The van der Waals surface area contributed by atoms with Gasteiger partial charge in [-0.15, -0.1) is 0 Å². The second-order valence-corrected chi connectivity index (χ2v) is 3.37. The molecule has 0 bridgehead atoms. The van der Waals surface area contributed by atoms with Gasteiger partial charge < -0.3 is 9.64 Å². The van der Waals surface area contributed by atoms with Crippen molar-refractivity contribution in [1.82, 2.24) is 9.88 Å². The van der Waals surface area contributed by atoms with E-state index in [1.165, 1.54) is 6.08 Å². The lowest BCUT2D eigenvalue weighted by atomic mass is 10.1. The van der Waals surface area contributed by atoms with E-state index in [-0.39, 0.29) is 5.91 Å². The molecule has 0 radical (unpaired) electrons. The van der Waals surface area contributed by atoms with Gasteiger partial charge in [0.2, 0.25) is 5.91 Å². The monoisotopic (exact) mass is 204 g/mol. The van der Waals surface area contributed by atoms with E-state index in [1.807, 2.05) is 12.1 Å². The molecule has 1 atom stereocenters. The summed E-state index contributed by atoms with van der Waals surface area (Å²) >= 11 is 0. The summed E-state index contributed by atoms with van der Waals surface area (Å²) in [4.78, 5) is 17.0. The Morgan fingerprint density at radius 1 is 1.53 bits per heavy atom. The summed E-state index contributed by atoms with van der Waals surface area (Å²) < 4.78 is 5.45. The first-order valence-electron chi connectivity index (χ1n) is 4.63. The van der Waals surface area contributed by atoms with Crippen molar-refractivity contribution >= 4 is 5.91 Å². The highest BCUT2D eigenvalue weighted by atomic mass is 16.5. The van der Waals surface area contributed by atoms with E-state index in [4.69, 9.17) is 4.74 Å². The lowest BCUT2D eigenvalue weighted by Crippen LogP contribution is -2.42. The molecule has 0 saturated carbocycles. The van der Waals surface area contributed by atoms with Crippen LogP contribution in [0.2, 0.25) is 0 Å². The van der Waals surface area contributed by atoms with Crippen LogP contribution in [0.1, 0.15) is 5.56 Å². The third kappa shape index (κ3) is 1.34. The van der Waals surface area contributed by atoms with Crippen LogP contribution in [0.5, 0.6) is 0 Å². The van der Waals surface area contributed by atoms with Gasteiger partial charge in [-0.1, -0.05) is 6.07 Å². The van der Waals surface area contributed by atoms with Crippen molar-refractivity contribution in [3.8, 4) is 0 Å². The first kappa shape index (κ1) is 9.86. The summed E-state index contributed by atoms with van der Waals surface area (Å²) in [5, 5.41) is 0. The topological polar surface area (TPSA) is 42.4 Å². The molecule has 1 amide bonds. The van der Waals surface area contributed by atoms with E-state index >= 15 is 0 Å². The maximum Gasteiger partial charge on any atom is 0.248 e. The van der Waals surface area contributed by atoms with Gasteiger partial charge in [0.25, 0.3) is 0 Å². The highest BCUT2D eigenvalue weighted by Crippen LogP contribution is 2.33. The number of hydrogen-bond donors (Lipinski definition) is 0. The lowest BCUT2D eigenvalue weighted by molar-refractivity contribution is -0.144. The van der Waals surface area contributed by atoms with Gasteiger partial charge in [-0.2, -0.15) is 0 Å². The van der Waals surface area contributed by atoms with Crippen LogP contribution in [-0.2, 0) is 15.3 Å². The SMILES string of the molecule is CO[C@]1(c2cccnc2)C=CC(=O)N1C. The van der Waals surface area contributed by atoms with Gasteiger partial charge in [0.05, 0.1) is 0 Å². The summed E-state index contributed by atoms with van der Waals surface area (Å²) in [7, 11) is 3.28. The molecule has 1 aliphatic heterocycles. The highest BCUT2D eigenvalue weighted by Gasteiger charge is 2.40. The standard InChI is InChI=1S/C11H12N2O2/c1-13-10(14)5-6-11(13,15-2)9-4-3-7-12-8-9/h3-8H,1-2H3/t11-/m0/s1. The van der Waals surface area contributed by atoms with Crippen LogP contribution in [0.25, 0.3) is 0 Å².